The highest BCUT2D eigenvalue weighted by Gasteiger charge is 2.06. The minimum atomic E-state index is -0.204. The fourth-order valence-corrected chi connectivity index (χ4v) is 2.25. The summed E-state index contributed by atoms with van der Waals surface area (Å²) in [7, 11) is 0. The molecule has 2 heterocycles. The molecule has 0 saturated carbocycles. The van der Waals surface area contributed by atoms with Gasteiger partial charge in [-0.25, -0.2) is 0 Å². The maximum Gasteiger partial charge on any atom is 0.251 e. The molecule has 0 saturated heterocycles. The molecule has 0 radical (unpaired) electrons. The molecule has 3 rings (SSSR count). The first kappa shape index (κ1) is 15.4. The van der Waals surface area contributed by atoms with E-state index in [-0.39, 0.29) is 5.91 Å². The van der Waals surface area contributed by atoms with Crippen LogP contribution in [-0.4, -0.2) is 27.2 Å². The van der Waals surface area contributed by atoms with Crippen molar-refractivity contribution in [2.75, 3.05) is 6.54 Å². The van der Waals surface area contributed by atoms with Crippen LogP contribution in [0.3, 0.4) is 0 Å². The van der Waals surface area contributed by atoms with Crippen LogP contribution in [0, 0.1) is 11.3 Å². The monoisotopic (exact) mass is 317 g/mol. The predicted octanol–water partition coefficient (Wildman–Crippen LogP) is 2.25. The summed E-state index contributed by atoms with van der Waals surface area (Å²) in [5.74, 6) is -0.204. The van der Waals surface area contributed by atoms with Crippen molar-refractivity contribution in [3.63, 3.8) is 0 Å². The third-order valence-electron chi connectivity index (χ3n) is 3.45. The van der Waals surface area contributed by atoms with Crippen LogP contribution >= 0.6 is 0 Å². The second-order valence-electron chi connectivity index (χ2n) is 5.13. The number of rotatable bonds is 5. The van der Waals surface area contributed by atoms with Crippen molar-refractivity contribution < 1.29 is 4.79 Å². The fourth-order valence-electron chi connectivity index (χ4n) is 2.25. The zero-order valence-electron chi connectivity index (χ0n) is 12.9. The van der Waals surface area contributed by atoms with Gasteiger partial charge < -0.3 is 5.32 Å². The summed E-state index contributed by atoms with van der Waals surface area (Å²) in [5, 5.41) is 16.1. The Morgan fingerprint density at radius 2 is 2.08 bits per heavy atom. The zero-order valence-corrected chi connectivity index (χ0v) is 12.9. The molecular formula is C18H15N5O. The second kappa shape index (κ2) is 7.20. The Morgan fingerprint density at radius 3 is 2.88 bits per heavy atom. The van der Waals surface area contributed by atoms with E-state index in [1.165, 1.54) is 0 Å². The molecule has 0 fully saturated rings. The number of benzene rings is 1. The highest BCUT2D eigenvalue weighted by atomic mass is 16.1. The van der Waals surface area contributed by atoms with Crippen molar-refractivity contribution in [2.45, 2.75) is 6.54 Å². The standard InChI is InChI=1S/C18H15N5O/c19-13-14-4-3-5-15(12-14)18(24)21-9-11-23-10-7-17(22-23)16-6-1-2-8-20-16/h1-8,10,12H,9,11H2,(H,21,24). The number of amides is 1. The number of hydrogen-bond acceptors (Lipinski definition) is 4. The molecule has 3 aromatic rings. The van der Waals surface area contributed by atoms with Gasteiger partial charge in [-0.3, -0.25) is 14.5 Å². The van der Waals surface area contributed by atoms with Crippen LogP contribution in [-0.2, 0) is 6.54 Å². The Balaban J connectivity index is 1.56. The summed E-state index contributed by atoms with van der Waals surface area (Å²) in [6.07, 6.45) is 3.58. The number of nitriles is 1. The first-order valence-corrected chi connectivity index (χ1v) is 7.49. The van der Waals surface area contributed by atoms with Gasteiger partial charge in [0.05, 0.1) is 23.9 Å². The van der Waals surface area contributed by atoms with Crippen molar-refractivity contribution in [3.05, 3.63) is 72.1 Å². The van der Waals surface area contributed by atoms with E-state index in [9.17, 15) is 4.79 Å². The van der Waals surface area contributed by atoms with Crippen molar-refractivity contribution in [1.29, 1.82) is 5.26 Å². The molecule has 1 N–H and O–H groups in total. The molecule has 2 aromatic heterocycles. The number of carbonyl (C=O) groups excluding carboxylic acids is 1. The number of aromatic nitrogens is 3. The average molecular weight is 317 g/mol. The lowest BCUT2D eigenvalue weighted by atomic mass is 10.1. The maximum absolute atomic E-state index is 12.1. The smallest absolute Gasteiger partial charge is 0.251 e. The van der Waals surface area contributed by atoms with E-state index < -0.39 is 0 Å². The van der Waals surface area contributed by atoms with Gasteiger partial charge in [-0.2, -0.15) is 10.4 Å². The van der Waals surface area contributed by atoms with E-state index >= 15 is 0 Å². The minimum absolute atomic E-state index is 0.204. The SMILES string of the molecule is N#Cc1cccc(C(=O)NCCn2ccc(-c3ccccn3)n2)c1. The van der Waals surface area contributed by atoms with Gasteiger partial charge in [0.15, 0.2) is 0 Å². The molecule has 1 amide bonds. The molecular weight excluding hydrogens is 302 g/mol. The summed E-state index contributed by atoms with van der Waals surface area (Å²) in [4.78, 5) is 16.3. The average Bonchev–Trinajstić information content (AvgIpc) is 3.11. The molecule has 6 nitrogen and oxygen atoms in total. The van der Waals surface area contributed by atoms with Gasteiger partial charge in [0.1, 0.15) is 5.69 Å². The maximum atomic E-state index is 12.1. The summed E-state index contributed by atoms with van der Waals surface area (Å²) in [6, 6.07) is 16.2. The van der Waals surface area contributed by atoms with E-state index in [2.05, 4.69) is 15.4 Å². The summed E-state index contributed by atoms with van der Waals surface area (Å²) in [5.41, 5.74) is 2.55. The summed E-state index contributed by atoms with van der Waals surface area (Å²) < 4.78 is 1.76. The fraction of sp³-hybridized carbons (Fsp3) is 0.111. The number of nitrogens with one attached hydrogen (secondary N) is 1. The molecule has 0 aliphatic rings. The first-order valence-electron chi connectivity index (χ1n) is 7.49. The second-order valence-corrected chi connectivity index (χ2v) is 5.13. The van der Waals surface area contributed by atoms with Crippen molar-refractivity contribution in [2.24, 2.45) is 0 Å². The van der Waals surface area contributed by atoms with Crippen LogP contribution in [0.2, 0.25) is 0 Å². The van der Waals surface area contributed by atoms with Crippen molar-refractivity contribution in [3.8, 4) is 17.5 Å². The molecule has 1 aromatic carbocycles. The van der Waals surface area contributed by atoms with Crippen LogP contribution in [0.25, 0.3) is 11.4 Å². The highest BCUT2D eigenvalue weighted by molar-refractivity contribution is 5.94. The molecule has 6 heteroatoms. The Hall–Kier alpha value is -3.46. The van der Waals surface area contributed by atoms with E-state index in [1.807, 2.05) is 36.5 Å². The van der Waals surface area contributed by atoms with E-state index in [0.717, 1.165) is 11.4 Å². The Kier molecular flexibility index (Phi) is 4.63. The van der Waals surface area contributed by atoms with E-state index in [1.54, 1.807) is 35.1 Å². The summed E-state index contributed by atoms with van der Waals surface area (Å²) in [6.45, 7) is 0.996. The lowest BCUT2D eigenvalue weighted by Crippen LogP contribution is -2.27. The van der Waals surface area contributed by atoms with Crippen molar-refractivity contribution in [1.82, 2.24) is 20.1 Å². The van der Waals surface area contributed by atoms with E-state index in [0.29, 0.717) is 24.2 Å². The largest absolute Gasteiger partial charge is 0.350 e. The molecule has 0 atom stereocenters. The molecule has 0 aliphatic carbocycles. The quantitative estimate of drug-likeness (QED) is 0.782. The normalized spacial score (nSPS) is 10.1. The van der Waals surface area contributed by atoms with Crippen molar-refractivity contribution >= 4 is 5.91 Å². The molecule has 0 bridgehead atoms. The molecule has 0 aliphatic heterocycles. The molecule has 24 heavy (non-hydrogen) atoms. The third kappa shape index (κ3) is 3.65. The Bertz CT molecular complexity index is 880. The lowest BCUT2D eigenvalue weighted by Gasteiger charge is -2.06. The minimum Gasteiger partial charge on any atom is -0.350 e. The predicted molar refractivity (Wildman–Crippen MR) is 88.9 cm³/mol. The van der Waals surface area contributed by atoms with Gasteiger partial charge in [-0.15, -0.1) is 0 Å². The van der Waals surface area contributed by atoms with Crippen LogP contribution in [0.4, 0.5) is 0 Å². The number of nitrogens with zero attached hydrogens (tertiary/aromatic N) is 4. The topological polar surface area (TPSA) is 83.6 Å². The molecule has 118 valence electrons. The summed E-state index contributed by atoms with van der Waals surface area (Å²) >= 11 is 0. The van der Waals surface area contributed by atoms with Gasteiger partial charge in [0.25, 0.3) is 5.91 Å². The van der Waals surface area contributed by atoms with E-state index in [4.69, 9.17) is 5.26 Å². The molecule has 0 spiro atoms. The Labute approximate surface area is 139 Å². The number of pyridine rings is 1. The van der Waals surface area contributed by atoms with Crippen LogP contribution in [0.5, 0.6) is 0 Å². The molecule has 0 unspecified atom stereocenters. The van der Waals surface area contributed by atoms with Gasteiger partial charge in [0.2, 0.25) is 0 Å². The lowest BCUT2D eigenvalue weighted by molar-refractivity contribution is 0.0952. The zero-order chi connectivity index (χ0) is 16.8. The van der Waals surface area contributed by atoms with Gasteiger partial charge in [0, 0.05) is 24.5 Å². The number of carbonyl (C=O) groups is 1. The number of hydrogen-bond donors (Lipinski definition) is 1. The van der Waals surface area contributed by atoms with Crippen LogP contribution in [0.1, 0.15) is 15.9 Å². The van der Waals surface area contributed by atoms with Gasteiger partial charge in [-0.05, 0) is 36.4 Å². The highest BCUT2D eigenvalue weighted by Crippen LogP contribution is 2.12. The van der Waals surface area contributed by atoms with Crippen LogP contribution in [0.15, 0.2) is 60.9 Å². The third-order valence-corrected chi connectivity index (χ3v) is 3.45. The van der Waals surface area contributed by atoms with Gasteiger partial charge in [-0.1, -0.05) is 12.1 Å². The van der Waals surface area contributed by atoms with Gasteiger partial charge >= 0.3 is 0 Å². The first-order chi connectivity index (χ1) is 11.8. The Morgan fingerprint density at radius 1 is 1.17 bits per heavy atom. The van der Waals surface area contributed by atoms with Crippen LogP contribution < -0.4 is 5.32 Å².